The van der Waals surface area contributed by atoms with E-state index in [1.54, 1.807) is 6.07 Å². The van der Waals surface area contributed by atoms with E-state index in [0.29, 0.717) is 0 Å². The molecule has 0 aliphatic heterocycles. The molecule has 1 heterocycles. The predicted molar refractivity (Wildman–Crippen MR) is 52.8 cm³/mol. The van der Waals surface area contributed by atoms with E-state index in [0.717, 1.165) is 16.2 Å². The number of hydrogen-bond acceptors (Lipinski definition) is 2. The van der Waals surface area contributed by atoms with Gasteiger partial charge in [-0.05, 0) is 32.2 Å². The van der Waals surface area contributed by atoms with Crippen LogP contribution < -0.4 is 0 Å². The van der Waals surface area contributed by atoms with Gasteiger partial charge in [0.05, 0.1) is 4.88 Å². The first kappa shape index (κ1) is 8.37. The van der Waals surface area contributed by atoms with E-state index in [2.05, 4.69) is 32.4 Å². The quantitative estimate of drug-likeness (QED) is 0.520. The molecule has 0 fully saturated rings. The molecule has 1 aromatic heterocycles. The van der Waals surface area contributed by atoms with E-state index < -0.39 is 0 Å². The van der Waals surface area contributed by atoms with Crippen molar-refractivity contribution in [2.24, 2.45) is 0 Å². The van der Waals surface area contributed by atoms with Crippen molar-refractivity contribution in [3.8, 4) is 11.2 Å². The van der Waals surface area contributed by atoms with Crippen LogP contribution in [-0.2, 0) is 0 Å². The summed E-state index contributed by atoms with van der Waals surface area (Å²) in [6.45, 7) is 0. The van der Waals surface area contributed by atoms with Crippen molar-refractivity contribution in [3.05, 3.63) is 22.1 Å². The van der Waals surface area contributed by atoms with E-state index in [9.17, 15) is 4.39 Å². The Labute approximate surface area is 78.8 Å². The minimum atomic E-state index is -0.178. The molecular formula is C6H2FIS2. The Morgan fingerprint density at radius 2 is 2.40 bits per heavy atom. The molecule has 0 saturated heterocycles. The number of rotatable bonds is 0. The Hall–Kier alpha value is 0.270. The lowest BCUT2D eigenvalue weighted by Gasteiger charge is -1.72. The van der Waals surface area contributed by atoms with Gasteiger partial charge < -0.3 is 0 Å². The highest BCUT2D eigenvalue weighted by molar-refractivity contribution is 14.2. The lowest BCUT2D eigenvalue weighted by atomic mass is 10.5. The molecule has 1 aromatic rings. The summed E-state index contributed by atoms with van der Waals surface area (Å²) >= 11 is 3.15. The Balaban J connectivity index is 2.76. The van der Waals surface area contributed by atoms with Crippen molar-refractivity contribution in [2.75, 3.05) is 0 Å². The fourth-order valence-corrected chi connectivity index (χ4v) is 1.58. The summed E-state index contributed by atoms with van der Waals surface area (Å²) in [5.41, 5.74) is 0. The molecule has 0 atom stereocenters. The summed E-state index contributed by atoms with van der Waals surface area (Å²) in [6, 6.07) is 3.10. The van der Waals surface area contributed by atoms with Crippen LogP contribution in [0.15, 0.2) is 12.1 Å². The van der Waals surface area contributed by atoms with Gasteiger partial charge in [-0.15, -0.1) is 0 Å². The lowest BCUT2D eigenvalue weighted by Crippen LogP contribution is -1.54. The third-order valence-corrected chi connectivity index (χ3v) is 2.41. The fraction of sp³-hybridized carbons (Fsp3) is 0. The molecule has 0 aromatic carbocycles. The van der Waals surface area contributed by atoms with Gasteiger partial charge in [-0.2, -0.15) is 4.39 Å². The van der Waals surface area contributed by atoms with Crippen LogP contribution >= 0.6 is 41.5 Å². The fourth-order valence-electron chi connectivity index (χ4n) is 0.451. The average molecular weight is 284 g/mol. The second kappa shape index (κ2) is 4.21. The zero-order valence-corrected chi connectivity index (χ0v) is 8.52. The molecular weight excluding hydrogens is 282 g/mol. The van der Waals surface area contributed by atoms with E-state index in [4.69, 9.17) is 0 Å². The highest BCUT2D eigenvalue weighted by Crippen LogP contribution is 2.14. The van der Waals surface area contributed by atoms with Crippen LogP contribution in [0, 0.1) is 16.3 Å². The lowest BCUT2D eigenvalue weighted by molar-refractivity contribution is 0.657. The van der Waals surface area contributed by atoms with Gasteiger partial charge in [0.1, 0.15) is 0 Å². The number of thiophene rings is 1. The van der Waals surface area contributed by atoms with Crippen LogP contribution in [0.4, 0.5) is 4.39 Å². The summed E-state index contributed by atoms with van der Waals surface area (Å²) in [5, 5.41) is 2.60. The maximum absolute atomic E-state index is 12.3. The maximum Gasteiger partial charge on any atom is 0.177 e. The van der Waals surface area contributed by atoms with E-state index in [1.807, 2.05) is 0 Å². The van der Waals surface area contributed by atoms with E-state index >= 15 is 0 Å². The molecule has 0 bridgehead atoms. The zero-order chi connectivity index (χ0) is 7.40. The molecule has 0 aliphatic carbocycles. The maximum atomic E-state index is 12.3. The molecule has 52 valence electrons. The molecule has 0 radical (unpaired) electrons. The van der Waals surface area contributed by atoms with Crippen molar-refractivity contribution in [2.45, 2.75) is 0 Å². The summed E-state index contributed by atoms with van der Waals surface area (Å²) < 4.78 is 12.3. The highest BCUT2D eigenvalue weighted by Gasteiger charge is 1.92. The van der Waals surface area contributed by atoms with Crippen LogP contribution in [0.1, 0.15) is 4.88 Å². The van der Waals surface area contributed by atoms with Gasteiger partial charge in [-0.1, -0.05) is 11.3 Å². The van der Waals surface area contributed by atoms with Crippen LogP contribution in [0.25, 0.3) is 0 Å². The van der Waals surface area contributed by atoms with Crippen molar-refractivity contribution in [3.63, 3.8) is 0 Å². The molecule has 0 saturated carbocycles. The predicted octanol–water partition coefficient (Wildman–Crippen LogP) is 3.28. The molecule has 4 heteroatoms. The van der Waals surface area contributed by atoms with Crippen LogP contribution in [-0.4, -0.2) is 0 Å². The molecule has 1 rings (SSSR count). The van der Waals surface area contributed by atoms with Crippen LogP contribution in [0.5, 0.6) is 0 Å². The normalized spacial score (nSPS) is 8.60. The molecule has 10 heavy (non-hydrogen) atoms. The van der Waals surface area contributed by atoms with Crippen molar-refractivity contribution < 1.29 is 4.39 Å². The second-order valence-electron chi connectivity index (χ2n) is 1.41. The van der Waals surface area contributed by atoms with Crippen molar-refractivity contribution in [1.29, 1.82) is 0 Å². The molecule has 0 amide bonds. The smallest absolute Gasteiger partial charge is 0.177 e. The van der Waals surface area contributed by atoms with Gasteiger partial charge in [-0.25, -0.2) is 0 Å². The molecule has 0 N–H and O–H groups in total. The first-order valence-corrected chi connectivity index (χ1v) is 6.54. The van der Waals surface area contributed by atoms with Crippen molar-refractivity contribution in [1.82, 2.24) is 0 Å². The Morgan fingerprint density at radius 1 is 1.60 bits per heavy atom. The first-order chi connectivity index (χ1) is 4.83. The Bertz CT molecular complexity index is 271. The molecule has 0 aliphatic rings. The first-order valence-electron chi connectivity index (χ1n) is 2.37. The summed E-state index contributed by atoms with van der Waals surface area (Å²) in [6.07, 6.45) is 0. The van der Waals surface area contributed by atoms with Gasteiger partial charge >= 0.3 is 0 Å². The molecule has 0 nitrogen and oxygen atoms in total. The van der Waals surface area contributed by atoms with Gasteiger partial charge in [0, 0.05) is 21.2 Å². The SMILES string of the molecule is Fc1ccc(C#CSI)s1. The topological polar surface area (TPSA) is 0 Å². The number of halogens is 2. The third kappa shape index (κ3) is 2.48. The van der Waals surface area contributed by atoms with Crippen LogP contribution in [0.2, 0.25) is 0 Å². The largest absolute Gasteiger partial charge is 0.195 e. The molecule has 0 spiro atoms. The van der Waals surface area contributed by atoms with E-state index in [1.165, 1.54) is 15.0 Å². The monoisotopic (exact) mass is 284 g/mol. The average Bonchev–Trinajstić information content (AvgIpc) is 2.31. The second-order valence-corrected chi connectivity index (χ2v) is 4.12. The van der Waals surface area contributed by atoms with Crippen molar-refractivity contribution >= 4 is 41.5 Å². The Morgan fingerprint density at radius 3 is 2.90 bits per heavy atom. The summed E-state index contributed by atoms with van der Waals surface area (Å²) in [4.78, 5) is 0.779. The van der Waals surface area contributed by atoms with Gasteiger partial charge in [0.25, 0.3) is 0 Å². The van der Waals surface area contributed by atoms with E-state index in [-0.39, 0.29) is 5.13 Å². The van der Waals surface area contributed by atoms with Gasteiger partial charge in [0.15, 0.2) is 5.13 Å². The minimum absolute atomic E-state index is 0.178. The highest BCUT2D eigenvalue weighted by atomic mass is 127. The van der Waals surface area contributed by atoms with Crippen LogP contribution in [0.3, 0.4) is 0 Å². The minimum Gasteiger partial charge on any atom is -0.195 e. The summed E-state index contributed by atoms with van der Waals surface area (Å²) in [7, 11) is 1.40. The Kier molecular flexibility index (Phi) is 3.52. The third-order valence-electron chi connectivity index (χ3n) is 0.786. The molecule has 0 unspecified atom stereocenters. The van der Waals surface area contributed by atoms with Gasteiger partial charge in [-0.3, -0.25) is 0 Å². The standard InChI is InChI=1S/C6H2FIS2/c7-6-2-1-5(10-6)3-4-9-8/h1-2H. The van der Waals surface area contributed by atoms with Gasteiger partial charge in [0.2, 0.25) is 0 Å². The number of hydrogen-bond donors (Lipinski definition) is 0. The summed E-state index contributed by atoms with van der Waals surface area (Å²) in [5.74, 6) is 2.80. The zero-order valence-electron chi connectivity index (χ0n) is 4.73.